The third-order valence-corrected chi connectivity index (χ3v) is 5.82. The van der Waals surface area contributed by atoms with E-state index in [-0.39, 0.29) is 22.9 Å². The number of hydrogen-bond acceptors (Lipinski definition) is 5. The van der Waals surface area contributed by atoms with Crippen molar-refractivity contribution in [3.8, 4) is 11.8 Å². The number of ketones is 1. The summed E-state index contributed by atoms with van der Waals surface area (Å²) >= 11 is 6.05. The van der Waals surface area contributed by atoms with Crippen molar-refractivity contribution in [2.24, 2.45) is 0 Å². The number of hydrogen-bond donors (Lipinski definition) is 2. The largest absolute Gasteiger partial charge is 0.369 e. The van der Waals surface area contributed by atoms with E-state index in [2.05, 4.69) is 21.8 Å². The molecule has 4 aromatic rings. The summed E-state index contributed by atoms with van der Waals surface area (Å²) in [6.45, 7) is 2.82. The van der Waals surface area contributed by atoms with Crippen molar-refractivity contribution in [1.29, 1.82) is 5.26 Å². The minimum atomic E-state index is -0.336. The van der Waals surface area contributed by atoms with Gasteiger partial charge in [-0.1, -0.05) is 59.6 Å². The minimum absolute atomic E-state index is 0.0659. The third-order valence-electron chi connectivity index (χ3n) is 5.56. The lowest BCUT2D eigenvalue weighted by atomic mass is 10.0. The Balaban J connectivity index is 1.55. The normalized spacial score (nSPS) is 10.5. The lowest BCUT2D eigenvalue weighted by Gasteiger charge is -2.11. The van der Waals surface area contributed by atoms with E-state index < -0.39 is 0 Å². The highest BCUT2D eigenvalue weighted by Gasteiger charge is 2.25. The summed E-state index contributed by atoms with van der Waals surface area (Å²) in [5.41, 5.74) is 2.95. The summed E-state index contributed by atoms with van der Waals surface area (Å²) in [7, 11) is 0. The topological polar surface area (TPSA) is 99.8 Å². The van der Waals surface area contributed by atoms with Gasteiger partial charge in [0.2, 0.25) is 5.78 Å². The molecule has 1 aromatic heterocycles. The number of nitriles is 1. The second-order valence-electron chi connectivity index (χ2n) is 8.17. The Kier molecular flexibility index (Phi) is 7.79. The first-order valence-corrected chi connectivity index (χ1v) is 11.8. The number of aromatic nitrogens is 2. The molecule has 4 rings (SSSR count). The van der Waals surface area contributed by atoms with Crippen molar-refractivity contribution in [3.05, 3.63) is 112 Å². The molecule has 0 aliphatic rings. The number of carbonyl (C=O) groups excluding carboxylic acids is 2. The molecular formula is C28H24ClN5O2. The summed E-state index contributed by atoms with van der Waals surface area (Å²) in [6.07, 6.45) is 0.594. The molecule has 0 saturated heterocycles. The van der Waals surface area contributed by atoms with Crippen molar-refractivity contribution < 1.29 is 9.59 Å². The predicted molar refractivity (Wildman–Crippen MR) is 140 cm³/mol. The van der Waals surface area contributed by atoms with E-state index >= 15 is 0 Å². The Bertz CT molecular complexity index is 1410. The van der Waals surface area contributed by atoms with Crippen molar-refractivity contribution in [3.63, 3.8) is 0 Å². The van der Waals surface area contributed by atoms with E-state index in [9.17, 15) is 14.9 Å². The molecular weight excluding hydrogens is 474 g/mol. The molecule has 0 saturated carbocycles. The Hall–Kier alpha value is -4.41. The van der Waals surface area contributed by atoms with Crippen LogP contribution in [0.1, 0.15) is 44.0 Å². The van der Waals surface area contributed by atoms with Crippen LogP contribution < -0.4 is 10.6 Å². The maximum atomic E-state index is 13.3. The molecule has 3 aromatic carbocycles. The molecule has 1 heterocycles. The molecule has 0 spiro atoms. The predicted octanol–water partition coefficient (Wildman–Crippen LogP) is 5.17. The van der Waals surface area contributed by atoms with Crippen molar-refractivity contribution in [2.75, 3.05) is 18.4 Å². The first kappa shape index (κ1) is 24.7. The number of amides is 1. The smallest absolute Gasteiger partial charge is 0.251 e. The van der Waals surface area contributed by atoms with Gasteiger partial charge in [0.1, 0.15) is 17.5 Å². The highest BCUT2D eigenvalue weighted by molar-refractivity contribution is 6.30. The molecule has 36 heavy (non-hydrogen) atoms. The molecule has 0 atom stereocenters. The van der Waals surface area contributed by atoms with E-state index in [0.29, 0.717) is 47.2 Å². The Morgan fingerprint density at radius 1 is 0.944 bits per heavy atom. The average molecular weight is 498 g/mol. The van der Waals surface area contributed by atoms with Crippen LogP contribution >= 0.6 is 11.6 Å². The fourth-order valence-corrected chi connectivity index (χ4v) is 3.77. The van der Waals surface area contributed by atoms with Crippen LogP contribution in [-0.2, 0) is 0 Å². The Morgan fingerprint density at radius 2 is 1.64 bits per heavy atom. The van der Waals surface area contributed by atoms with Gasteiger partial charge in [-0.3, -0.25) is 9.59 Å². The number of halogens is 1. The standard InChI is InChI=1S/C28H24ClN5O2/c1-19-8-10-20(11-9-19)26(35)25-24(18-30)27(34(33-25)23-14-12-22(29)13-15-23)31-16-5-17-32-28(36)21-6-3-2-4-7-21/h2-4,6-15,31H,5,16-17H2,1H3,(H,32,36). The maximum absolute atomic E-state index is 13.3. The zero-order valence-corrected chi connectivity index (χ0v) is 20.4. The lowest BCUT2D eigenvalue weighted by molar-refractivity contribution is 0.0952. The second kappa shape index (κ2) is 11.3. The molecule has 0 radical (unpaired) electrons. The quantitative estimate of drug-likeness (QED) is 0.245. The van der Waals surface area contributed by atoms with Crippen molar-refractivity contribution in [1.82, 2.24) is 15.1 Å². The van der Waals surface area contributed by atoms with Gasteiger partial charge >= 0.3 is 0 Å². The molecule has 7 nitrogen and oxygen atoms in total. The van der Waals surface area contributed by atoms with Crippen LogP contribution in [0.4, 0.5) is 5.82 Å². The molecule has 0 bridgehead atoms. The molecule has 2 N–H and O–H groups in total. The molecule has 1 amide bonds. The minimum Gasteiger partial charge on any atom is -0.369 e. The van der Waals surface area contributed by atoms with Gasteiger partial charge < -0.3 is 10.6 Å². The highest BCUT2D eigenvalue weighted by Crippen LogP contribution is 2.26. The van der Waals surface area contributed by atoms with E-state index in [0.717, 1.165) is 5.56 Å². The lowest BCUT2D eigenvalue weighted by Crippen LogP contribution is -2.26. The van der Waals surface area contributed by atoms with Gasteiger partial charge in [0.05, 0.1) is 5.69 Å². The molecule has 0 unspecified atom stereocenters. The third kappa shape index (κ3) is 5.62. The van der Waals surface area contributed by atoms with Crippen LogP contribution in [0.2, 0.25) is 5.02 Å². The van der Waals surface area contributed by atoms with Gasteiger partial charge in [0.25, 0.3) is 5.91 Å². The van der Waals surface area contributed by atoms with Crippen LogP contribution in [0.5, 0.6) is 0 Å². The van der Waals surface area contributed by atoms with E-state index in [1.165, 1.54) is 0 Å². The first-order chi connectivity index (χ1) is 17.5. The number of rotatable bonds is 9. The van der Waals surface area contributed by atoms with Gasteiger partial charge in [0.15, 0.2) is 5.69 Å². The molecule has 0 aliphatic heterocycles. The van der Waals surface area contributed by atoms with Gasteiger partial charge in [-0.15, -0.1) is 0 Å². The zero-order chi connectivity index (χ0) is 25.5. The van der Waals surface area contributed by atoms with Gasteiger partial charge in [-0.25, -0.2) is 4.68 Å². The maximum Gasteiger partial charge on any atom is 0.251 e. The second-order valence-corrected chi connectivity index (χ2v) is 8.61. The fraction of sp³-hybridized carbons (Fsp3) is 0.143. The number of anilines is 1. The Labute approximate surface area is 214 Å². The molecule has 8 heteroatoms. The van der Waals surface area contributed by atoms with Crippen molar-refractivity contribution >= 4 is 29.1 Å². The number of nitrogens with zero attached hydrogens (tertiary/aromatic N) is 3. The first-order valence-electron chi connectivity index (χ1n) is 11.5. The van der Waals surface area contributed by atoms with Crippen LogP contribution in [0, 0.1) is 18.3 Å². The molecule has 180 valence electrons. The highest BCUT2D eigenvalue weighted by atomic mass is 35.5. The fourth-order valence-electron chi connectivity index (χ4n) is 3.65. The summed E-state index contributed by atoms with van der Waals surface area (Å²) in [5, 5.41) is 21.2. The molecule has 0 aliphatic carbocycles. The van der Waals surface area contributed by atoms with Crippen LogP contribution in [-0.4, -0.2) is 34.6 Å². The van der Waals surface area contributed by atoms with E-state index in [4.69, 9.17) is 11.6 Å². The number of carbonyl (C=O) groups is 2. The van der Waals surface area contributed by atoms with E-state index in [1.807, 2.05) is 37.3 Å². The monoisotopic (exact) mass is 497 g/mol. The van der Waals surface area contributed by atoms with Crippen LogP contribution in [0.15, 0.2) is 78.9 Å². The van der Waals surface area contributed by atoms with Crippen molar-refractivity contribution in [2.45, 2.75) is 13.3 Å². The summed E-state index contributed by atoms with van der Waals surface area (Å²) in [6, 6.07) is 25.2. The van der Waals surface area contributed by atoms with Gasteiger partial charge in [-0.2, -0.15) is 10.4 Å². The summed E-state index contributed by atoms with van der Waals surface area (Å²) in [4.78, 5) is 25.5. The average Bonchev–Trinajstić information content (AvgIpc) is 3.27. The number of benzene rings is 3. The molecule has 0 fully saturated rings. The summed E-state index contributed by atoms with van der Waals surface area (Å²) in [5.74, 6) is -0.0763. The number of nitrogens with one attached hydrogen (secondary N) is 2. The van der Waals surface area contributed by atoms with Gasteiger partial charge in [0, 0.05) is 29.2 Å². The SMILES string of the molecule is Cc1ccc(C(=O)c2nn(-c3ccc(Cl)cc3)c(NCCCNC(=O)c3ccccc3)c2C#N)cc1. The summed E-state index contributed by atoms with van der Waals surface area (Å²) < 4.78 is 1.54. The van der Waals surface area contributed by atoms with Gasteiger partial charge in [-0.05, 0) is 49.7 Å². The Morgan fingerprint density at radius 3 is 2.31 bits per heavy atom. The van der Waals surface area contributed by atoms with Crippen LogP contribution in [0.3, 0.4) is 0 Å². The zero-order valence-electron chi connectivity index (χ0n) is 19.7. The van der Waals surface area contributed by atoms with Crippen LogP contribution in [0.25, 0.3) is 5.69 Å². The number of aryl methyl sites for hydroxylation is 1. The van der Waals surface area contributed by atoms with E-state index in [1.54, 1.807) is 53.2 Å².